The number of methoxy groups -OCH3 is 2. The molecule has 1 aromatic heterocycles. The zero-order valence-corrected chi connectivity index (χ0v) is 8.06. The number of hydrogen-bond donors (Lipinski definition) is 1. The zero-order valence-electron chi connectivity index (χ0n) is 8.06. The second-order valence-corrected chi connectivity index (χ2v) is 3.19. The molecule has 0 bridgehead atoms. The Morgan fingerprint density at radius 2 is 2.14 bits per heavy atom. The van der Waals surface area contributed by atoms with Crippen molar-refractivity contribution in [2.75, 3.05) is 14.2 Å². The molecule has 0 amide bonds. The third kappa shape index (κ3) is 1.08. The summed E-state index contributed by atoms with van der Waals surface area (Å²) in [6.07, 6.45) is 0.383. The highest BCUT2D eigenvalue weighted by atomic mass is 16.7. The summed E-state index contributed by atoms with van der Waals surface area (Å²) in [7, 11) is 2.91. The van der Waals surface area contributed by atoms with Crippen molar-refractivity contribution in [2.45, 2.75) is 24.7 Å². The molecule has 1 aliphatic carbocycles. The Morgan fingerprint density at radius 1 is 1.43 bits per heavy atom. The number of rotatable bonds is 2. The van der Waals surface area contributed by atoms with Crippen LogP contribution in [0.4, 0.5) is 0 Å². The van der Waals surface area contributed by atoms with Gasteiger partial charge in [-0.1, -0.05) is 5.16 Å². The van der Waals surface area contributed by atoms with Crippen molar-refractivity contribution in [1.82, 2.24) is 10.3 Å². The maximum absolute atomic E-state index is 9.83. The molecule has 0 saturated carbocycles. The lowest BCUT2D eigenvalue weighted by molar-refractivity contribution is -0.276. The summed E-state index contributed by atoms with van der Waals surface area (Å²) in [6, 6.07) is 0. The van der Waals surface area contributed by atoms with Gasteiger partial charge in [-0.25, -0.2) is 4.63 Å². The highest BCUT2D eigenvalue weighted by Crippen LogP contribution is 2.36. The Morgan fingerprint density at radius 3 is 2.79 bits per heavy atom. The molecule has 1 aliphatic rings. The lowest BCUT2D eigenvalue weighted by Gasteiger charge is -2.36. The molecule has 0 radical (unpaired) electrons. The highest BCUT2D eigenvalue weighted by Gasteiger charge is 2.48. The molecular weight excluding hydrogens is 188 g/mol. The van der Waals surface area contributed by atoms with Crippen LogP contribution >= 0.6 is 0 Å². The fourth-order valence-electron chi connectivity index (χ4n) is 1.81. The van der Waals surface area contributed by atoms with Crippen molar-refractivity contribution in [2.24, 2.45) is 0 Å². The molecule has 6 heteroatoms. The van der Waals surface area contributed by atoms with Crippen molar-refractivity contribution >= 4 is 0 Å². The van der Waals surface area contributed by atoms with Crippen LogP contribution in [0.1, 0.15) is 17.8 Å². The van der Waals surface area contributed by atoms with Gasteiger partial charge >= 0.3 is 0 Å². The van der Waals surface area contributed by atoms with E-state index in [2.05, 4.69) is 14.9 Å². The summed E-state index contributed by atoms with van der Waals surface area (Å²) in [5.41, 5.74) is 1.11. The van der Waals surface area contributed by atoms with E-state index in [1.807, 2.05) is 0 Å². The second-order valence-electron chi connectivity index (χ2n) is 3.19. The van der Waals surface area contributed by atoms with Crippen molar-refractivity contribution in [3.8, 4) is 0 Å². The monoisotopic (exact) mass is 200 g/mol. The molecule has 14 heavy (non-hydrogen) atoms. The number of aryl methyl sites for hydroxylation is 1. The van der Waals surface area contributed by atoms with Gasteiger partial charge in [0, 0.05) is 14.2 Å². The molecule has 0 aromatic carbocycles. The summed E-state index contributed by atoms with van der Waals surface area (Å²) in [5, 5.41) is 17.3. The van der Waals surface area contributed by atoms with Crippen LogP contribution < -0.4 is 0 Å². The Hall–Kier alpha value is -0.980. The van der Waals surface area contributed by atoms with Crippen LogP contribution in [0.5, 0.6) is 0 Å². The Kier molecular flexibility index (Phi) is 2.26. The number of fused-ring (bicyclic) bond motifs is 1. The zero-order chi connectivity index (χ0) is 10.2. The molecule has 0 aliphatic heterocycles. The van der Waals surface area contributed by atoms with Gasteiger partial charge in [-0.3, -0.25) is 0 Å². The number of nitrogens with zero attached hydrogens (tertiary/aromatic N) is 2. The van der Waals surface area contributed by atoms with Crippen molar-refractivity contribution < 1.29 is 19.2 Å². The Balaban J connectivity index is 2.49. The topological polar surface area (TPSA) is 77.6 Å². The summed E-state index contributed by atoms with van der Waals surface area (Å²) in [5.74, 6) is -1.23. The maximum Gasteiger partial charge on any atom is 0.244 e. The minimum absolute atomic E-state index is 0.432. The standard InChI is InChI=1S/C8H12N2O4/c1-12-8(13-2)6(11)4-3-5-7(8)10-14-9-5/h6,11H,3-4H2,1-2H3/t6-/m1/s1. The average molecular weight is 200 g/mol. The number of ether oxygens (including phenoxy) is 2. The van der Waals surface area contributed by atoms with Crippen molar-refractivity contribution in [1.29, 1.82) is 0 Å². The van der Waals surface area contributed by atoms with Crippen LogP contribution in [-0.4, -0.2) is 35.7 Å². The number of aliphatic hydroxyl groups excluding tert-OH is 1. The molecule has 0 spiro atoms. The van der Waals surface area contributed by atoms with E-state index in [1.54, 1.807) is 0 Å². The number of aromatic nitrogens is 2. The van der Waals surface area contributed by atoms with Gasteiger partial charge in [0.05, 0.1) is 0 Å². The predicted octanol–water partition coefficient (Wildman–Crippen LogP) is -0.178. The van der Waals surface area contributed by atoms with Gasteiger partial charge in [0.15, 0.2) is 5.69 Å². The SMILES string of the molecule is COC1(OC)c2nonc2CC[C@H]1O. The van der Waals surface area contributed by atoms with Crippen LogP contribution in [0.2, 0.25) is 0 Å². The van der Waals surface area contributed by atoms with E-state index in [0.29, 0.717) is 24.2 Å². The molecule has 78 valence electrons. The van der Waals surface area contributed by atoms with Gasteiger partial charge in [0.25, 0.3) is 0 Å². The lowest BCUT2D eigenvalue weighted by Crippen LogP contribution is -2.47. The minimum atomic E-state index is -1.23. The summed E-state index contributed by atoms with van der Waals surface area (Å²) in [4.78, 5) is 0. The molecule has 1 aromatic rings. The van der Waals surface area contributed by atoms with E-state index < -0.39 is 11.9 Å². The van der Waals surface area contributed by atoms with Crippen LogP contribution in [-0.2, 0) is 21.7 Å². The number of hydrogen-bond acceptors (Lipinski definition) is 6. The van der Waals surface area contributed by atoms with Crippen molar-refractivity contribution in [3.63, 3.8) is 0 Å². The fourth-order valence-corrected chi connectivity index (χ4v) is 1.81. The first-order valence-corrected chi connectivity index (χ1v) is 4.35. The van der Waals surface area contributed by atoms with E-state index in [9.17, 15) is 5.11 Å². The normalized spacial score (nSPS) is 24.6. The molecule has 2 rings (SSSR count). The highest BCUT2D eigenvalue weighted by molar-refractivity contribution is 5.20. The van der Waals surface area contributed by atoms with E-state index in [0.717, 1.165) is 0 Å². The fraction of sp³-hybridized carbons (Fsp3) is 0.750. The lowest BCUT2D eigenvalue weighted by atomic mass is 9.92. The molecule has 6 nitrogen and oxygen atoms in total. The quantitative estimate of drug-likeness (QED) is 0.667. The van der Waals surface area contributed by atoms with Crippen LogP contribution in [0.25, 0.3) is 0 Å². The molecular formula is C8H12N2O4. The molecule has 1 N–H and O–H groups in total. The molecule has 0 saturated heterocycles. The van der Waals surface area contributed by atoms with Crippen LogP contribution in [0.3, 0.4) is 0 Å². The first-order valence-electron chi connectivity index (χ1n) is 4.35. The van der Waals surface area contributed by atoms with Gasteiger partial charge in [-0.15, -0.1) is 0 Å². The largest absolute Gasteiger partial charge is 0.387 e. The third-order valence-corrected chi connectivity index (χ3v) is 2.59. The smallest absolute Gasteiger partial charge is 0.244 e. The van der Waals surface area contributed by atoms with E-state index in [-0.39, 0.29) is 0 Å². The maximum atomic E-state index is 9.83. The molecule has 0 fully saturated rings. The Labute approximate surface area is 80.8 Å². The van der Waals surface area contributed by atoms with Gasteiger partial charge in [0.2, 0.25) is 5.79 Å². The summed E-state index contributed by atoms with van der Waals surface area (Å²) < 4.78 is 15.0. The first kappa shape index (κ1) is 9.57. The van der Waals surface area contributed by atoms with Crippen LogP contribution in [0, 0.1) is 0 Å². The molecule has 1 heterocycles. The molecule has 0 unspecified atom stereocenters. The third-order valence-electron chi connectivity index (χ3n) is 2.59. The Bertz CT molecular complexity index is 321. The second kappa shape index (κ2) is 3.30. The van der Waals surface area contributed by atoms with Crippen LogP contribution in [0.15, 0.2) is 4.63 Å². The van der Waals surface area contributed by atoms with Gasteiger partial charge in [-0.05, 0) is 18.0 Å². The first-order chi connectivity index (χ1) is 6.74. The van der Waals surface area contributed by atoms with E-state index in [4.69, 9.17) is 9.47 Å². The van der Waals surface area contributed by atoms with E-state index >= 15 is 0 Å². The minimum Gasteiger partial charge on any atom is -0.387 e. The molecule has 1 atom stereocenters. The summed E-state index contributed by atoms with van der Waals surface area (Å²) >= 11 is 0. The van der Waals surface area contributed by atoms with Gasteiger partial charge in [-0.2, -0.15) is 0 Å². The van der Waals surface area contributed by atoms with Gasteiger partial charge < -0.3 is 14.6 Å². The van der Waals surface area contributed by atoms with Gasteiger partial charge in [0.1, 0.15) is 11.8 Å². The average Bonchev–Trinajstić information content (AvgIpc) is 2.67. The number of aliphatic hydroxyl groups is 1. The summed E-state index contributed by atoms with van der Waals surface area (Å²) in [6.45, 7) is 0. The van der Waals surface area contributed by atoms with E-state index in [1.165, 1.54) is 14.2 Å². The van der Waals surface area contributed by atoms with Crippen molar-refractivity contribution in [3.05, 3.63) is 11.4 Å². The predicted molar refractivity (Wildman–Crippen MR) is 44.3 cm³/mol.